The summed E-state index contributed by atoms with van der Waals surface area (Å²) in [5, 5.41) is 0. The number of likely N-dealkylation sites (N-methyl/N-ethyl adjacent to an activating group) is 1. The van der Waals surface area contributed by atoms with Crippen LogP contribution in [0.15, 0.2) is 42.5 Å². The molecule has 0 atom stereocenters. The number of piperazine rings is 1. The second-order valence-electron chi connectivity index (χ2n) is 6.61. The van der Waals surface area contributed by atoms with E-state index in [0.29, 0.717) is 0 Å². The van der Waals surface area contributed by atoms with E-state index >= 15 is 0 Å². The zero-order valence-corrected chi connectivity index (χ0v) is 14.6. The molecule has 2 heterocycles. The molecule has 0 spiro atoms. The predicted octanol–water partition coefficient (Wildman–Crippen LogP) is 3.71. The van der Waals surface area contributed by atoms with Crippen LogP contribution in [0, 0.1) is 5.82 Å². The van der Waals surface area contributed by atoms with Crippen LogP contribution in [0.25, 0.3) is 0 Å². The average molecular weight is 341 g/mol. The maximum Gasteiger partial charge on any atom is 0.151 e. The van der Waals surface area contributed by atoms with Crippen LogP contribution in [-0.2, 0) is 0 Å². The van der Waals surface area contributed by atoms with Crippen molar-refractivity contribution in [3.63, 3.8) is 0 Å². The fourth-order valence-electron chi connectivity index (χ4n) is 3.61. The van der Waals surface area contributed by atoms with E-state index in [0.717, 1.165) is 68.7 Å². The van der Waals surface area contributed by atoms with E-state index in [2.05, 4.69) is 21.6 Å². The first-order valence-electron chi connectivity index (χ1n) is 9.03. The van der Waals surface area contributed by atoms with E-state index in [4.69, 9.17) is 4.74 Å². The number of halogens is 1. The molecule has 2 aliphatic rings. The van der Waals surface area contributed by atoms with Gasteiger partial charge in [-0.3, -0.25) is 4.90 Å². The number of hydrogen-bond acceptors (Lipinski definition) is 4. The quantitative estimate of drug-likeness (QED) is 0.844. The maximum atomic E-state index is 13.8. The van der Waals surface area contributed by atoms with E-state index in [1.165, 1.54) is 6.07 Å². The minimum absolute atomic E-state index is 0.233. The highest BCUT2D eigenvalue weighted by Gasteiger charge is 2.25. The maximum absolute atomic E-state index is 13.8. The third kappa shape index (κ3) is 3.34. The molecule has 1 fully saturated rings. The SMILES string of the molecule is CCN1CCN(CCN2c3ccccc3Oc3ccc(F)cc32)CC1. The van der Waals surface area contributed by atoms with Crippen molar-refractivity contribution in [3.05, 3.63) is 48.3 Å². The molecule has 0 bridgehead atoms. The normalized spacial score (nSPS) is 17.8. The molecule has 0 aliphatic carbocycles. The molecule has 132 valence electrons. The summed E-state index contributed by atoms with van der Waals surface area (Å²) in [6.45, 7) is 9.56. The summed E-state index contributed by atoms with van der Waals surface area (Å²) in [6, 6.07) is 12.7. The van der Waals surface area contributed by atoms with Crippen LogP contribution in [0.5, 0.6) is 11.5 Å². The molecule has 0 aromatic heterocycles. The Morgan fingerprint density at radius 1 is 0.880 bits per heavy atom. The van der Waals surface area contributed by atoms with Crippen molar-refractivity contribution in [3.8, 4) is 11.5 Å². The summed E-state index contributed by atoms with van der Waals surface area (Å²) in [5.74, 6) is 1.32. The smallest absolute Gasteiger partial charge is 0.151 e. The molecule has 1 saturated heterocycles. The molecule has 0 saturated carbocycles. The van der Waals surface area contributed by atoms with E-state index in [1.54, 1.807) is 12.1 Å². The van der Waals surface area contributed by atoms with Gasteiger partial charge in [-0.1, -0.05) is 19.1 Å². The van der Waals surface area contributed by atoms with Crippen LogP contribution < -0.4 is 9.64 Å². The van der Waals surface area contributed by atoms with Gasteiger partial charge in [0.25, 0.3) is 0 Å². The Morgan fingerprint density at radius 2 is 1.60 bits per heavy atom. The molecular formula is C20H24FN3O. The van der Waals surface area contributed by atoms with Gasteiger partial charge in [-0.15, -0.1) is 0 Å². The topological polar surface area (TPSA) is 19.0 Å². The van der Waals surface area contributed by atoms with Crippen LogP contribution in [0.1, 0.15) is 6.92 Å². The van der Waals surface area contributed by atoms with Crippen LogP contribution in [0.3, 0.4) is 0 Å². The number of hydrogen-bond donors (Lipinski definition) is 0. The van der Waals surface area contributed by atoms with Gasteiger partial charge in [-0.25, -0.2) is 4.39 Å². The van der Waals surface area contributed by atoms with Crippen molar-refractivity contribution < 1.29 is 9.13 Å². The molecule has 0 radical (unpaired) electrons. The molecule has 0 unspecified atom stereocenters. The van der Waals surface area contributed by atoms with Crippen LogP contribution >= 0.6 is 0 Å². The van der Waals surface area contributed by atoms with Gasteiger partial charge in [0.1, 0.15) is 5.82 Å². The van der Waals surface area contributed by atoms with Crippen molar-refractivity contribution in [1.82, 2.24) is 9.80 Å². The highest BCUT2D eigenvalue weighted by molar-refractivity contribution is 5.77. The monoisotopic (exact) mass is 341 g/mol. The predicted molar refractivity (Wildman–Crippen MR) is 98.5 cm³/mol. The van der Waals surface area contributed by atoms with Crippen molar-refractivity contribution in [1.29, 1.82) is 0 Å². The standard InChI is InChI=1S/C20H24FN3O/c1-2-22-9-11-23(12-10-22)13-14-24-17-5-3-4-6-19(17)25-20-8-7-16(21)15-18(20)24/h3-8,15H,2,9-14H2,1H3. The highest BCUT2D eigenvalue weighted by Crippen LogP contribution is 2.46. The number of ether oxygens (including phenoxy) is 1. The molecular weight excluding hydrogens is 317 g/mol. The number of rotatable bonds is 4. The van der Waals surface area contributed by atoms with E-state index in [9.17, 15) is 4.39 Å². The largest absolute Gasteiger partial charge is 0.453 e. The van der Waals surface area contributed by atoms with Gasteiger partial charge < -0.3 is 14.5 Å². The molecule has 2 aliphatic heterocycles. The molecule has 0 N–H and O–H groups in total. The first-order chi connectivity index (χ1) is 12.2. The second kappa shape index (κ2) is 7.02. The summed E-state index contributed by atoms with van der Waals surface area (Å²) in [4.78, 5) is 7.15. The Kier molecular flexibility index (Phi) is 4.59. The van der Waals surface area contributed by atoms with Crippen LogP contribution in [-0.4, -0.2) is 55.6 Å². The van der Waals surface area contributed by atoms with Crippen molar-refractivity contribution in [2.75, 3.05) is 50.7 Å². The summed E-state index contributed by atoms with van der Waals surface area (Å²) in [7, 11) is 0. The molecule has 4 rings (SSSR count). The van der Waals surface area contributed by atoms with Gasteiger partial charge in [0, 0.05) is 45.3 Å². The lowest BCUT2D eigenvalue weighted by Gasteiger charge is -2.37. The minimum Gasteiger partial charge on any atom is -0.453 e. The first kappa shape index (κ1) is 16.4. The van der Waals surface area contributed by atoms with Gasteiger partial charge in [0.05, 0.1) is 11.4 Å². The molecule has 2 aromatic carbocycles. The Labute approximate surface area is 148 Å². The van der Waals surface area contributed by atoms with E-state index in [-0.39, 0.29) is 5.82 Å². The summed E-state index contributed by atoms with van der Waals surface area (Å²) < 4.78 is 19.8. The lowest BCUT2D eigenvalue weighted by atomic mass is 10.1. The lowest BCUT2D eigenvalue weighted by Crippen LogP contribution is -2.48. The Balaban J connectivity index is 1.53. The molecule has 5 heteroatoms. The third-order valence-corrected chi connectivity index (χ3v) is 5.14. The number of nitrogens with zero attached hydrogens (tertiary/aromatic N) is 3. The first-order valence-corrected chi connectivity index (χ1v) is 9.03. The van der Waals surface area contributed by atoms with Crippen LogP contribution in [0.2, 0.25) is 0 Å². The van der Waals surface area contributed by atoms with Gasteiger partial charge >= 0.3 is 0 Å². The summed E-state index contributed by atoms with van der Waals surface area (Å²) in [6.07, 6.45) is 0. The average Bonchev–Trinajstić information content (AvgIpc) is 2.66. The molecule has 4 nitrogen and oxygen atoms in total. The van der Waals surface area contributed by atoms with Gasteiger partial charge in [0.2, 0.25) is 0 Å². The molecule has 0 amide bonds. The third-order valence-electron chi connectivity index (χ3n) is 5.14. The zero-order valence-electron chi connectivity index (χ0n) is 14.6. The number of fused-ring (bicyclic) bond motifs is 2. The van der Waals surface area contributed by atoms with Crippen LogP contribution in [0.4, 0.5) is 15.8 Å². The van der Waals surface area contributed by atoms with Gasteiger partial charge in [-0.05, 0) is 30.8 Å². The zero-order chi connectivity index (χ0) is 17.2. The van der Waals surface area contributed by atoms with Crippen molar-refractivity contribution in [2.24, 2.45) is 0 Å². The Bertz CT molecular complexity index is 743. The van der Waals surface area contributed by atoms with E-state index in [1.807, 2.05) is 24.3 Å². The Hall–Kier alpha value is -2.11. The number of benzene rings is 2. The number of para-hydroxylation sites is 2. The fourth-order valence-corrected chi connectivity index (χ4v) is 3.61. The molecule has 2 aromatic rings. The van der Waals surface area contributed by atoms with E-state index < -0.39 is 0 Å². The minimum atomic E-state index is -0.233. The Morgan fingerprint density at radius 3 is 2.40 bits per heavy atom. The van der Waals surface area contributed by atoms with Crippen molar-refractivity contribution in [2.45, 2.75) is 6.92 Å². The lowest BCUT2D eigenvalue weighted by molar-refractivity contribution is 0.140. The van der Waals surface area contributed by atoms with Gasteiger partial charge in [0.15, 0.2) is 11.5 Å². The fraction of sp³-hybridized carbons (Fsp3) is 0.400. The highest BCUT2D eigenvalue weighted by atomic mass is 19.1. The summed E-state index contributed by atoms with van der Waals surface area (Å²) >= 11 is 0. The van der Waals surface area contributed by atoms with Crippen molar-refractivity contribution >= 4 is 11.4 Å². The summed E-state index contributed by atoms with van der Waals surface area (Å²) in [5.41, 5.74) is 1.82. The number of anilines is 2. The van der Waals surface area contributed by atoms with Gasteiger partial charge in [-0.2, -0.15) is 0 Å². The molecule has 25 heavy (non-hydrogen) atoms. The second-order valence-corrected chi connectivity index (χ2v) is 6.61.